The van der Waals surface area contributed by atoms with Crippen LogP contribution in [0.5, 0.6) is 0 Å². The van der Waals surface area contributed by atoms with E-state index in [0.717, 1.165) is 19.6 Å². The van der Waals surface area contributed by atoms with E-state index in [4.69, 9.17) is 9.84 Å². The van der Waals surface area contributed by atoms with Gasteiger partial charge in [-0.15, -0.1) is 0 Å². The summed E-state index contributed by atoms with van der Waals surface area (Å²) in [6, 6.07) is 2.75. The Kier molecular flexibility index (Phi) is 5.24. The van der Waals surface area contributed by atoms with Gasteiger partial charge in [0, 0.05) is 37.4 Å². The topological polar surface area (TPSA) is 91.8 Å². The molecule has 0 saturated carbocycles. The van der Waals surface area contributed by atoms with Crippen LogP contribution in [0.2, 0.25) is 0 Å². The number of nitrogens with one attached hydrogen (secondary N) is 1. The van der Waals surface area contributed by atoms with E-state index in [2.05, 4.69) is 15.2 Å². The Morgan fingerprint density at radius 1 is 1.48 bits per heavy atom. The van der Waals surface area contributed by atoms with Crippen LogP contribution >= 0.6 is 0 Å². The molecule has 0 bridgehead atoms. The minimum absolute atomic E-state index is 0.0305. The van der Waals surface area contributed by atoms with Crippen molar-refractivity contribution in [1.82, 2.24) is 15.2 Å². The predicted molar refractivity (Wildman–Crippen MR) is 75.4 cm³/mol. The number of carbonyl (C=O) groups excluding carboxylic acids is 1. The number of amides is 1. The molecule has 1 aromatic rings. The summed E-state index contributed by atoms with van der Waals surface area (Å²) >= 11 is 0. The minimum Gasteiger partial charge on any atom is -0.477 e. The summed E-state index contributed by atoms with van der Waals surface area (Å²) in [6.45, 7) is 5.82. The number of carbonyl (C=O) groups is 2. The molecular formula is C14H19N3O4. The zero-order valence-corrected chi connectivity index (χ0v) is 11.9. The van der Waals surface area contributed by atoms with Gasteiger partial charge in [-0.25, -0.2) is 9.78 Å². The number of carboxylic acid groups (broad SMARTS) is 1. The molecule has 1 aliphatic heterocycles. The second-order valence-corrected chi connectivity index (χ2v) is 5.02. The van der Waals surface area contributed by atoms with Crippen molar-refractivity contribution < 1.29 is 19.4 Å². The highest BCUT2D eigenvalue weighted by molar-refractivity contribution is 5.96. The smallest absolute Gasteiger partial charge is 0.354 e. The van der Waals surface area contributed by atoms with Crippen LogP contribution in [0.15, 0.2) is 18.3 Å². The zero-order chi connectivity index (χ0) is 15.2. The van der Waals surface area contributed by atoms with Gasteiger partial charge in [-0.2, -0.15) is 0 Å². The van der Waals surface area contributed by atoms with E-state index in [1.165, 1.54) is 18.3 Å². The Hall–Kier alpha value is -1.99. The molecule has 1 fully saturated rings. The van der Waals surface area contributed by atoms with Gasteiger partial charge < -0.3 is 15.2 Å². The Bertz CT molecular complexity index is 515. The van der Waals surface area contributed by atoms with Crippen LogP contribution in [-0.2, 0) is 4.74 Å². The highest BCUT2D eigenvalue weighted by Gasteiger charge is 2.16. The molecule has 1 saturated heterocycles. The van der Waals surface area contributed by atoms with Crippen molar-refractivity contribution >= 4 is 11.9 Å². The lowest BCUT2D eigenvalue weighted by Crippen LogP contribution is -2.46. The zero-order valence-electron chi connectivity index (χ0n) is 11.9. The van der Waals surface area contributed by atoms with Crippen molar-refractivity contribution in [3.8, 4) is 0 Å². The average Bonchev–Trinajstić information content (AvgIpc) is 2.48. The third-order valence-electron chi connectivity index (χ3n) is 3.25. The molecule has 0 radical (unpaired) electrons. The SMILES string of the molecule is CC(CN1CCOCC1)NC(=O)c1ccnc(C(=O)O)c1. The van der Waals surface area contributed by atoms with Gasteiger partial charge in [-0.05, 0) is 19.1 Å². The second-order valence-electron chi connectivity index (χ2n) is 5.02. The quantitative estimate of drug-likeness (QED) is 0.807. The van der Waals surface area contributed by atoms with Gasteiger partial charge in [0.2, 0.25) is 0 Å². The molecule has 1 atom stereocenters. The van der Waals surface area contributed by atoms with E-state index in [1.807, 2.05) is 6.92 Å². The van der Waals surface area contributed by atoms with Crippen LogP contribution in [0, 0.1) is 0 Å². The molecule has 1 unspecified atom stereocenters. The summed E-state index contributed by atoms with van der Waals surface area (Å²) in [5, 5.41) is 11.7. The summed E-state index contributed by atoms with van der Waals surface area (Å²) in [7, 11) is 0. The number of ether oxygens (including phenoxy) is 1. The molecule has 1 aromatic heterocycles. The third kappa shape index (κ3) is 4.51. The standard InChI is InChI=1S/C14H19N3O4/c1-10(9-17-4-6-21-7-5-17)16-13(18)11-2-3-15-12(8-11)14(19)20/h2-3,8,10H,4-7,9H2,1H3,(H,16,18)(H,19,20). The number of nitrogens with zero attached hydrogens (tertiary/aromatic N) is 2. The van der Waals surface area contributed by atoms with E-state index in [1.54, 1.807) is 0 Å². The van der Waals surface area contributed by atoms with Crippen molar-refractivity contribution in [3.63, 3.8) is 0 Å². The molecule has 0 aliphatic carbocycles. The number of aromatic nitrogens is 1. The Morgan fingerprint density at radius 3 is 2.86 bits per heavy atom. The number of morpholine rings is 1. The van der Waals surface area contributed by atoms with Crippen molar-refractivity contribution in [2.75, 3.05) is 32.8 Å². The fourth-order valence-corrected chi connectivity index (χ4v) is 2.21. The van der Waals surface area contributed by atoms with Crippen molar-refractivity contribution in [2.45, 2.75) is 13.0 Å². The molecule has 1 aliphatic rings. The molecule has 0 spiro atoms. The maximum atomic E-state index is 12.1. The lowest BCUT2D eigenvalue weighted by atomic mass is 10.2. The maximum Gasteiger partial charge on any atom is 0.354 e. The van der Waals surface area contributed by atoms with E-state index in [0.29, 0.717) is 18.8 Å². The largest absolute Gasteiger partial charge is 0.477 e. The molecular weight excluding hydrogens is 274 g/mol. The summed E-state index contributed by atoms with van der Waals surface area (Å²) in [5.41, 5.74) is 0.166. The van der Waals surface area contributed by atoms with Crippen LogP contribution in [0.1, 0.15) is 27.8 Å². The van der Waals surface area contributed by atoms with Crippen molar-refractivity contribution in [3.05, 3.63) is 29.6 Å². The van der Waals surface area contributed by atoms with Crippen LogP contribution in [0.4, 0.5) is 0 Å². The van der Waals surface area contributed by atoms with Crippen LogP contribution < -0.4 is 5.32 Å². The average molecular weight is 293 g/mol. The van der Waals surface area contributed by atoms with Gasteiger partial charge in [0.1, 0.15) is 5.69 Å². The fourth-order valence-electron chi connectivity index (χ4n) is 2.21. The Balaban J connectivity index is 1.90. The Labute approximate surface area is 122 Å². The first-order chi connectivity index (χ1) is 10.1. The molecule has 114 valence electrons. The van der Waals surface area contributed by atoms with Crippen molar-refractivity contribution in [2.24, 2.45) is 0 Å². The van der Waals surface area contributed by atoms with Gasteiger partial charge in [-0.3, -0.25) is 9.69 Å². The number of pyridine rings is 1. The fraction of sp³-hybridized carbons (Fsp3) is 0.500. The van der Waals surface area contributed by atoms with Crippen LogP contribution in [0.3, 0.4) is 0 Å². The minimum atomic E-state index is -1.15. The highest BCUT2D eigenvalue weighted by atomic mass is 16.5. The predicted octanol–water partition coefficient (Wildman–Crippen LogP) is 0.230. The molecule has 0 aromatic carbocycles. The van der Waals surface area contributed by atoms with Gasteiger partial charge in [0.05, 0.1) is 13.2 Å². The van der Waals surface area contributed by atoms with E-state index in [9.17, 15) is 9.59 Å². The van der Waals surface area contributed by atoms with Crippen LogP contribution in [-0.4, -0.2) is 65.8 Å². The third-order valence-corrected chi connectivity index (χ3v) is 3.25. The number of aromatic carboxylic acids is 1. The summed E-state index contributed by atoms with van der Waals surface area (Å²) < 4.78 is 5.28. The first-order valence-corrected chi connectivity index (χ1v) is 6.86. The first kappa shape index (κ1) is 15.4. The monoisotopic (exact) mass is 293 g/mol. The van der Waals surface area contributed by atoms with E-state index < -0.39 is 5.97 Å². The molecule has 2 N–H and O–H groups in total. The number of rotatable bonds is 5. The first-order valence-electron chi connectivity index (χ1n) is 6.86. The second kappa shape index (κ2) is 7.14. The molecule has 1 amide bonds. The molecule has 7 nitrogen and oxygen atoms in total. The normalized spacial score (nSPS) is 17.2. The van der Waals surface area contributed by atoms with E-state index >= 15 is 0 Å². The van der Waals surface area contributed by atoms with Gasteiger partial charge in [-0.1, -0.05) is 0 Å². The summed E-state index contributed by atoms with van der Waals surface area (Å²) in [6.07, 6.45) is 1.32. The Morgan fingerprint density at radius 2 is 2.19 bits per heavy atom. The van der Waals surface area contributed by atoms with Gasteiger partial charge in [0.25, 0.3) is 5.91 Å². The van der Waals surface area contributed by atoms with Crippen LogP contribution in [0.25, 0.3) is 0 Å². The van der Waals surface area contributed by atoms with Crippen molar-refractivity contribution in [1.29, 1.82) is 0 Å². The molecule has 2 rings (SSSR count). The summed E-state index contributed by atoms with van der Waals surface area (Å²) in [4.78, 5) is 28.9. The maximum absolute atomic E-state index is 12.1. The number of hydrogen-bond donors (Lipinski definition) is 2. The summed E-state index contributed by atoms with van der Waals surface area (Å²) in [5.74, 6) is -1.44. The highest BCUT2D eigenvalue weighted by Crippen LogP contribution is 2.04. The number of hydrogen-bond acceptors (Lipinski definition) is 5. The molecule has 2 heterocycles. The number of carboxylic acids is 1. The lowest BCUT2D eigenvalue weighted by Gasteiger charge is -2.29. The van der Waals surface area contributed by atoms with E-state index in [-0.39, 0.29) is 17.6 Å². The van der Waals surface area contributed by atoms with Gasteiger partial charge >= 0.3 is 5.97 Å². The molecule has 21 heavy (non-hydrogen) atoms. The lowest BCUT2D eigenvalue weighted by molar-refractivity contribution is 0.0342. The van der Waals surface area contributed by atoms with Gasteiger partial charge in [0.15, 0.2) is 0 Å². The molecule has 7 heteroatoms.